The second-order valence-corrected chi connectivity index (χ2v) is 5.26. The minimum absolute atomic E-state index is 0.00881. The number of carbonyl (C=O) groups excluding carboxylic acids is 1. The Kier molecular flexibility index (Phi) is 5.05. The van der Waals surface area contributed by atoms with Crippen LogP contribution in [0.1, 0.15) is 28.8 Å². The summed E-state index contributed by atoms with van der Waals surface area (Å²) in [6.07, 6.45) is 5.39. The van der Waals surface area contributed by atoms with Crippen molar-refractivity contribution in [2.45, 2.75) is 12.5 Å². The number of nitrogen functional groups attached to an aromatic ring is 1. The third-order valence-corrected chi connectivity index (χ3v) is 3.52. The van der Waals surface area contributed by atoms with E-state index < -0.39 is 0 Å². The molecule has 0 aliphatic heterocycles. The summed E-state index contributed by atoms with van der Waals surface area (Å²) in [5.41, 5.74) is 6.31. The lowest BCUT2D eigenvalue weighted by atomic mass is 10.2. The Balaban J connectivity index is 1.82. The van der Waals surface area contributed by atoms with Gasteiger partial charge in [0, 0.05) is 26.1 Å². The van der Waals surface area contributed by atoms with E-state index in [1.54, 1.807) is 31.6 Å². The molecule has 3 heterocycles. The summed E-state index contributed by atoms with van der Waals surface area (Å²) in [6, 6.07) is 4.64. The number of methoxy groups -OCH3 is 1. The predicted octanol–water partition coefficient (Wildman–Crippen LogP) is 1.55. The predicted molar refractivity (Wildman–Crippen MR) is 89.4 cm³/mol. The zero-order valence-corrected chi connectivity index (χ0v) is 13.6. The van der Waals surface area contributed by atoms with Crippen LogP contribution in [0.3, 0.4) is 0 Å². The Morgan fingerprint density at radius 1 is 1.48 bits per heavy atom. The first-order valence-corrected chi connectivity index (χ1v) is 7.65. The van der Waals surface area contributed by atoms with Crippen LogP contribution in [0.5, 0.6) is 0 Å². The minimum atomic E-state index is -0.389. The number of nitrogens with zero attached hydrogens (tertiary/aromatic N) is 3. The Morgan fingerprint density at radius 3 is 3.04 bits per heavy atom. The molecule has 0 saturated carbocycles. The molecule has 0 aliphatic carbocycles. The summed E-state index contributed by atoms with van der Waals surface area (Å²) in [5, 5.41) is 2.88. The highest BCUT2D eigenvalue weighted by Gasteiger charge is 2.20. The van der Waals surface area contributed by atoms with Crippen molar-refractivity contribution in [3.05, 3.63) is 48.4 Å². The maximum Gasteiger partial charge on any atom is 0.270 e. The molecule has 130 valence electrons. The number of nitrogens with two attached hydrogens (primary N) is 1. The first kappa shape index (κ1) is 16.7. The molecule has 0 fully saturated rings. The quantitative estimate of drug-likeness (QED) is 0.593. The van der Waals surface area contributed by atoms with E-state index in [2.05, 4.69) is 25.3 Å². The highest BCUT2D eigenvalue weighted by molar-refractivity contribution is 5.93. The van der Waals surface area contributed by atoms with Crippen LogP contribution in [0, 0.1) is 0 Å². The van der Waals surface area contributed by atoms with Crippen molar-refractivity contribution < 1.29 is 13.9 Å². The van der Waals surface area contributed by atoms with Gasteiger partial charge in [0.15, 0.2) is 5.76 Å². The first-order valence-electron chi connectivity index (χ1n) is 7.65. The number of H-pyrrole nitrogens is 1. The number of nitrogens with one attached hydrogen (secondary N) is 2. The number of aromatic nitrogens is 4. The van der Waals surface area contributed by atoms with Gasteiger partial charge >= 0.3 is 0 Å². The van der Waals surface area contributed by atoms with Gasteiger partial charge in [-0.1, -0.05) is 0 Å². The Labute approximate surface area is 143 Å². The summed E-state index contributed by atoms with van der Waals surface area (Å²) >= 11 is 0. The highest BCUT2D eigenvalue weighted by Crippen LogP contribution is 2.20. The third-order valence-electron chi connectivity index (χ3n) is 3.52. The van der Waals surface area contributed by atoms with Crippen LogP contribution in [0.15, 0.2) is 41.3 Å². The summed E-state index contributed by atoms with van der Waals surface area (Å²) in [7, 11) is 1.60. The van der Waals surface area contributed by atoms with Crippen LogP contribution in [0.2, 0.25) is 0 Å². The average molecular weight is 342 g/mol. The second kappa shape index (κ2) is 7.58. The number of furan rings is 1. The third kappa shape index (κ3) is 4.01. The minimum Gasteiger partial charge on any atom is -0.463 e. The lowest BCUT2D eigenvalue weighted by Gasteiger charge is -2.16. The molecule has 0 aromatic carbocycles. The zero-order chi connectivity index (χ0) is 17.6. The fraction of sp³-hybridized carbons (Fsp3) is 0.250. The van der Waals surface area contributed by atoms with Crippen molar-refractivity contribution in [2.24, 2.45) is 0 Å². The molecule has 0 aliphatic rings. The number of aromatic amines is 1. The summed E-state index contributed by atoms with van der Waals surface area (Å²) < 4.78 is 10.4. The maximum absolute atomic E-state index is 12.6. The van der Waals surface area contributed by atoms with Crippen molar-refractivity contribution in [1.29, 1.82) is 0 Å². The molecule has 0 bridgehead atoms. The summed E-state index contributed by atoms with van der Waals surface area (Å²) in [4.78, 5) is 27.9. The number of ether oxygens (including phenoxy) is 1. The largest absolute Gasteiger partial charge is 0.463 e. The van der Waals surface area contributed by atoms with Gasteiger partial charge in [0.05, 0.1) is 12.3 Å². The number of rotatable bonds is 7. The van der Waals surface area contributed by atoms with E-state index in [1.807, 2.05) is 0 Å². The molecule has 1 amide bonds. The van der Waals surface area contributed by atoms with Crippen LogP contribution in [-0.2, 0) is 4.74 Å². The van der Waals surface area contributed by atoms with Gasteiger partial charge in [0.25, 0.3) is 5.91 Å². The lowest BCUT2D eigenvalue weighted by molar-refractivity contribution is 0.0917. The van der Waals surface area contributed by atoms with Gasteiger partial charge < -0.3 is 25.2 Å². The SMILES string of the molecule is COCCC(NC(=O)c1cc(-c2ccco2)nc(N)n1)c1ncc[nH]1. The van der Waals surface area contributed by atoms with Crippen LogP contribution in [0.25, 0.3) is 11.5 Å². The smallest absolute Gasteiger partial charge is 0.270 e. The molecule has 1 unspecified atom stereocenters. The number of imidazole rings is 1. The molecule has 9 heteroatoms. The molecule has 0 saturated heterocycles. The molecule has 4 N–H and O–H groups in total. The van der Waals surface area contributed by atoms with Gasteiger partial charge in [0.2, 0.25) is 5.95 Å². The second-order valence-electron chi connectivity index (χ2n) is 5.26. The van der Waals surface area contributed by atoms with Crippen molar-refractivity contribution >= 4 is 11.9 Å². The van der Waals surface area contributed by atoms with Gasteiger partial charge in [-0.05, 0) is 24.6 Å². The molecule has 0 radical (unpaired) electrons. The van der Waals surface area contributed by atoms with E-state index in [0.717, 1.165) is 0 Å². The standard InChI is InChI=1S/C16H18N6O3/c1-24-8-4-10(14-18-5-6-19-14)20-15(23)12-9-11(21-16(17)22-12)13-3-2-7-25-13/h2-3,5-7,9-10H,4,8H2,1H3,(H,18,19)(H,20,23)(H2,17,21,22). The Bertz CT molecular complexity index is 817. The molecule has 0 spiro atoms. The van der Waals surface area contributed by atoms with E-state index >= 15 is 0 Å². The highest BCUT2D eigenvalue weighted by atomic mass is 16.5. The molecule has 1 atom stereocenters. The van der Waals surface area contributed by atoms with Gasteiger partial charge in [0.1, 0.15) is 17.2 Å². The molecular formula is C16H18N6O3. The topological polar surface area (TPSA) is 132 Å². The summed E-state index contributed by atoms with van der Waals surface area (Å²) in [5.74, 6) is 0.744. The van der Waals surface area contributed by atoms with Crippen molar-refractivity contribution in [3.63, 3.8) is 0 Å². The van der Waals surface area contributed by atoms with Crippen molar-refractivity contribution in [2.75, 3.05) is 19.5 Å². The number of hydrogen-bond donors (Lipinski definition) is 3. The first-order chi connectivity index (χ1) is 12.2. The number of anilines is 1. The van der Waals surface area contributed by atoms with Gasteiger partial charge in [-0.15, -0.1) is 0 Å². The number of carbonyl (C=O) groups is 1. The molecular weight excluding hydrogens is 324 g/mol. The molecule has 3 aromatic heterocycles. The fourth-order valence-corrected chi connectivity index (χ4v) is 2.35. The van der Waals surface area contributed by atoms with Gasteiger partial charge in [-0.3, -0.25) is 4.79 Å². The molecule has 9 nitrogen and oxygen atoms in total. The molecule has 3 rings (SSSR count). The normalized spacial score (nSPS) is 12.0. The van der Waals surface area contributed by atoms with Crippen LogP contribution in [-0.4, -0.2) is 39.6 Å². The Hall–Kier alpha value is -3.20. The summed E-state index contributed by atoms with van der Waals surface area (Å²) in [6.45, 7) is 0.467. The van der Waals surface area contributed by atoms with E-state index in [1.165, 1.54) is 12.3 Å². The van der Waals surface area contributed by atoms with Crippen LogP contribution < -0.4 is 11.1 Å². The van der Waals surface area contributed by atoms with Crippen molar-refractivity contribution in [3.8, 4) is 11.5 Å². The zero-order valence-electron chi connectivity index (χ0n) is 13.6. The van der Waals surface area contributed by atoms with Crippen molar-refractivity contribution in [1.82, 2.24) is 25.3 Å². The van der Waals surface area contributed by atoms with E-state index in [9.17, 15) is 4.79 Å². The molecule has 3 aromatic rings. The average Bonchev–Trinajstić information content (AvgIpc) is 3.31. The maximum atomic E-state index is 12.6. The monoisotopic (exact) mass is 342 g/mol. The molecule has 25 heavy (non-hydrogen) atoms. The fourth-order valence-electron chi connectivity index (χ4n) is 2.35. The van der Waals surface area contributed by atoms with E-state index in [0.29, 0.717) is 30.3 Å². The van der Waals surface area contributed by atoms with Gasteiger partial charge in [-0.2, -0.15) is 0 Å². The number of hydrogen-bond acceptors (Lipinski definition) is 7. The van der Waals surface area contributed by atoms with Crippen LogP contribution in [0.4, 0.5) is 5.95 Å². The van der Waals surface area contributed by atoms with Crippen LogP contribution >= 0.6 is 0 Å². The lowest BCUT2D eigenvalue weighted by Crippen LogP contribution is -2.31. The van der Waals surface area contributed by atoms with E-state index in [4.69, 9.17) is 14.9 Å². The van der Waals surface area contributed by atoms with Gasteiger partial charge in [-0.25, -0.2) is 15.0 Å². The van der Waals surface area contributed by atoms with E-state index in [-0.39, 0.29) is 23.6 Å². The number of amides is 1. The Morgan fingerprint density at radius 2 is 2.36 bits per heavy atom.